The van der Waals surface area contributed by atoms with Crippen LogP contribution in [0.25, 0.3) is 0 Å². The normalized spacial score (nSPS) is 45.7. The minimum absolute atomic E-state index is 0.0191. The number of allylic oxidation sites excluding steroid dienone is 2. The van der Waals surface area contributed by atoms with Gasteiger partial charge in [-0.15, -0.1) is 0 Å². The maximum absolute atomic E-state index is 11.5. The van der Waals surface area contributed by atoms with Gasteiger partial charge in [-0.2, -0.15) is 0 Å². The first-order valence-electron chi connectivity index (χ1n) is 4.41. The summed E-state index contributed by atoms with van der Waals surface area (Å²) in [4.78, 5) is 11.5. The second-order valence-electron chi connectivity index (χ2n) is 4.35. The van der Waals surface area contributed by atoms with Gasteiger partial charge in [0.2, 0.25) is 0 Å². The highest BCUT2D eigenvalue weighted by Gasteiger charge is 2.56. The number of hydrogen-bond acceptors (Lipinski definition) is 2. The molecule has 0 bridgehead atoms. The van der Waals surface area contributed by atoms with E-state index in [1.165, 1.54) is 0 Å². The van der Waals surface area contributed by atoms with Crippen LogP contribution < -0.4 is 0 Å². The Labute approximate surface area is 72.6 Å². The zero-order valence-electron chi connectivity index (χ0n) is 7.59. The number of carbonyl (C=O) groups is 1. The second-order valence-corrected chi connectivity index (χ2v) is 4.35. The van der Waals surface area contributed by atoms with E-state index < -0.39 is 0 Å². The Bertz CT molecular complexity index is 257. The van der Waals surface area contributed by atoms with Gasteiger partial charge in [0.05, 0.1) is 12.0 Å². The van der Waals surface area contributed by atoms with Gasteiger partial charge in [-0.25, -0.2) is 0 Å². The molecule has 2 rings (SSSR count). The van der Waals surface area contributed by atoms with Crippen molar-refractivity contribution >= 4 is 5.97 Å². The summed E-state index contributed by atoms with van der Waals surface area (Å²) in [5.41, 5.74) is -0.222. The van der Waals surface area contributed by atoms with Crippen LogP contribution in [-0.4, -0.2) is 12.6 Å². The quantitative estimate of drug-likeness (QED) is 0.406. The maximum Gasteiger partial charge on any atom is 0.312 e. The average molecular weight is 166 g/mol. The molecule has 2 heteroatoms. The molecular formula is C10H14O2. The average Bonchev–Trinajstić information content (AvgIpc) is 2.28. The van der Waals surface area contributed by atoms with Gasteiger partial charge < -0.3 is 4.74 Å². The molecule has 0 saturated carbocycles. The highest BCUT2D eigenvalue weighted by atomic mass is 16.5. The molecule has 2 atom stereocenters. The Morgan fingerprint density at radius 2 is 2.00 bits per heavy atom. The number of fused-ring (bicyclic) bond motifs is 1. The van der Waals surface area contributed by atoms with Crippen LogP contribution in [0, 0.1) is 10.8 Å². The summed E-state index contributed by atoms with van der Waals surface area (Å²) in [6, 6.07) is 0. The molecule has 0 radical (unpaired) electrons. The number of cyclic esters (lactones) is 1. The molecule has 0 aromatic rings. The third-order valence-corrected chi connectivity index (χ3v) is 3.57. The molecule has 1 heterocycles. The lowest BCUT2D eigenvalue weighted by molar-refractivity contribution is -0.146. The maximum atomic E-state index is 11.5. The van der Waals surface area contributed by atoms with E-state index in [9.17, 15) is 4.79 Å². The molecule has 0 spiro atoms. The van der Waals surface area contributed by atoms with Gasteiger partial charge in [0.15, 0.2) is 0 Å². The first kappa shape index (κ1) is 7.84. The lowest BCUT2D eigenvalue weighted by Gasteiger charge is -2.37. The topological polar surface area (TPSA) is 26.3 Å². The third kappa shape index (κ3) is 0.728. The van der Waals surface area contributed by atoms with Crippen molar-refractivity contribution in [1.82, 2.24) is 0 Å². The first-order chi connectivity index (χ1) is 5.58. The van der Waals surface area contributed by atoms with E-state index in [1.807, 2.05) is 6.92 Å². The Kier molecular flexibility index (Phi) is 1.39. The fourth-order valence-corrected chi connectivity index (χ4v) is 2.07. The number of rotatable bonds is 0. The molecule has 2 nitrogen and oxygen atoms in total. The summed E-state index contributed by atoms with van der Waals surface area (Å²) in [6.45, 7) is 4.75. The van der Waals surface area contributed by atoms with E-state index in [-0.39, 0.29) is 16.8 Å². The van der Waals surface area contributed by atoms with Crippen molar-refractivity contribution in [1.29, 1.82) is 0 Å². The number of ether oxygens (including phenoxy) is 1. The molecule has 0 aromatic carbocycles. The molecule has 66 valence electrons. The van der Waals surface area contributed by atoms with Crippen molar-refractivity contribution in [3.8, 4) is 0 Å². The molecule has 2 aliphatic rings. The van der Waals surface area contributed by atoms with Crippen LogP contribution >= 0.6 is 0 Å². The van der Waals surface area contributed by atoms with Gasteiger partial charge >= 0.3 is 5.97 Å². The van der Waals surface area contributed by atoms with Crippen LogP contribution in [0.2, 0.25) is 0 Å². The molecule has 1 aliphatic carbocycles. The van der Waals surface area contributed by atoms with Gasteiger partial charge in [0.1, 0.15) is 0 Å². The van der Waals surface area contributed by atoms with Crippen molar-refractivity contribution in [3.63, 3.8) is 0 Å². The lowest BCUT2D eigenvalue weighted by Crippen LogP contribution is -2.39. The summed E-state index contributed by atoms with van der Waals surface area (Å²) in [6.07, 6.45) is 6.05. The van der Waals surface area contributed by atoms with Crippen molar-refractivity contribution in [3.05, 3.63) is 12.2 Å². The smallest absolute Gasteiger partial charge is 0.312 e. The summed E-state index contributed by atoms with van der Waals surface area (Å²) in [7, 11) is 0. The van der Waals surface area contributed by atoms with Crippen molar-refractivity contribution in [2.24, 2.45) is 10.8 Å². The minimum atomic E-state index is -0.262. The van der Waals surface area contributed by atoms with Gasteiger partial charge in [-0.1, -0.05) is 19.1 Å². The highest BCUT2D eigenvalue weighted by Crippen LogP contribution is 2.52. The van der Waals surface area contributed by atoms with Gasteiger partial charge in [-0.05, 0) is 19.8 Å². The van der Waals surface area contributed by atoms with E-state index in [4.69, 9.17) is 4.74 Å². The van der Waals surface area contributed by atoms with E-state index in [0.29, 0.717) is 6.61 Å². The molecule has 0 amide bonds. The summed E-state index contributed by atoms with van der Waals surface area (Å²) in [5, 5.41) is 0. The fourth-order valence-electron chi connectivity index (χ4n) is 2.07. The monoisotopic (exact) mass is 166 g/mol. The standard InChI is InChI=1S/C10H14O2/c1-9-5-3-4-6-10(9,2)8(11)12-7-9/h3-4H,5-7H2,1-2H3. The number of esters is 1. The fraction of sp³-hybridized carbons (Fsp3) is 0.700. The van der Waals surface area contributed by atoms with E-state index in [0.717, 1.165) is 12.8 Å². The zero-order chi connectivity index (χ0) is 8.82. The predicted molar refractivity (Wildman–Crippen MR) is 45.5 cm³/mol. The largest absolute Gasteiger partial charge is 0.465 e. The molecule has 1 aliphatic heterocycles. The summed E-state index contributed by atoms with van der Waals surface area (Å²) < 4.78 is 5.13. The van der Waals surface area contributed by atoms with Gasteiger partial charge in [0.25, 0.3) is 0 Å². The lowest BCUT2D eigenvalue weighted by atomic mass is 9.62. The summed E-state index contributed by atoms with van der Waals surface area (Å²) in [5.74, 6) is -0.0191. The molecule has 2 unspecified atom stereocenters. The Morgan fingerprint density at radius 3 is 2.67 bits per heavy atom. The van der Waals surface area contributed by atoms with Crippen LogP contribution in [0.5, 0.6) is 0 Å². The molecule has 1 fully saturated rings. The Balaban J connectivity index is 2.43. The predicted octanol–water partition coefficient (Wildman–Crippen LogP) is 1.91. The van der Waals surface area contributed by atoms with E-state index >= 15 is 0 Å². The van der Waals surface area contributed by atoms with Gasteiger partial charge in [-0.3, -0.25) is 4.79 Å². The van der Waals surface area contributed by atoms with Crippen molar-refractivity contribution in [2.75, 3.05) is 6.61 Å². The zero-order valence-corrected chi connectivity index (χ0v) is 7.59. The highest BCUT2D eigenvalue weighted by molar-refractivity contribution is 5.80. The first-order valence-corrected chi connectivity index (χ1v) is 4.41. The third-order valence-electron chi connectivity index (χ3n) is 3.57. The summed E-state index contributed by atoms with van der Waals surface area (Å²) >= 11 is 0. The van der Waals surface area contributed by atoms with Gasteiger partial charge in [0, 0.05) is 5.41 Å². The van der Waals surface area contributed by atoms with Crippen LogP contribution in [0.15, 0.2) is 12.2 Å². The van der Waals surface area contributed by atoms with Crippen LogP contribution in [0.3, 0.4) is 0 Å². The van der Waals surface area contributed by atoms with Crippen molar-refractivity contribution in [2.45, 2.75) is 26.7 Å². The van der Waals surface area contributed by atoms with E-state index in [1.54, 1.807) is 0 Å². The second kappa shape index (κ2) is 2.12. The van der Waals surface area contributed by atoms with E-state index in [2.05, 4.69) is 19.1 Å². The number of hydrogen-bond donors (Lipinski definition) is 0. The SMILES string of the molecule is CC12CC=CCC1(C)C(=O)OC2. The molecule has 12 heavy (non-hydrogen) atoms. The Morgan fingerprint density at radius 1 is 1.33 bits per heavy atom. The molecule has 0 N–H and O–H groups in total. The van der Waals surface area contributed by atoms with Crippen molar-refractivity contribution < 1.29 is 9.53 Å². The molecule has 0 aromatic heterocycles. The van der Waals surface area contributed by atoms with Crippen LogP contribution in [-0.2, 0) is 9.53 Å². The van der Waals surface area contributed by atoms with Crippen LogP contribution in [0.4, 0.5) is 0 Å². The minimum Gasteiger partial charge on any atom is -0.465 e. The molecule has 1 saturated heterocycles. The number of carbonyl (C=O) groups excluding carboxylic acids is 1. The van der Waals surface area contributed by atoms with Crippen LogP contribution in [0.1, 0.15) is 26.7 Å². The molecular weight excluding hydrogens is 152 g/mol. The Hall–Kier alpha value is -0.790.